The van der Waals surface area contributed by atoms with E-state index in [0.717, 1.165) is 11.1 Å². The van der Waals surface area contributed by atoms with Gasteiger partial charge in [-0.15, -0.1) is 0 Å². The first-order chi connectivity index (χ1) is 14.2. The second kappa shape index (κ2) is 7.52. The van der Waals surface area contributed by atoms with Crippen molar-refractivity contribution in [2.75, 3.05) is 13.7 Å². The van der Waals surface area contributed by atoms with Crippen molar-refractivity contribution in [1.82, 2.24) is 4.90 Å². The van der Waals surface area contributed by atoms with E-state index in [1.165, 1.54) is 0 Å². The number of amides is 1. The number of phenolic OH excluding ortho intramolecular Hbond substituents is 1. The summed E-state index contributed by atoms with van der Waals surface area (Å²) in [5.74, 6) is 1.19. The molecular formula is C24H26N2O4. The zero-order chi connectivity index (χ0) is 21.5. The summed E-state index contributed by atoms with van der Waals surface area (Å²) in [5, 5.41) is 9.52. The highest BCUT2D eigenvalue weighted by Crippen LogP contribution is 2.40. The van der Waals surface area contributed by atoms with Gasteiger partial charge < -0.3 is 19.5 Å². The van der Waals surface area contributed by atoms with Gasteiger partial charge >= 0.3 is 0 Å². The Labute approximate surface area is 176 Å². The summed E-state index contributed by atoms with van der Waals surface area (Å²) < 4.78 is 11.4. The molecule has 0 aromatic heterocycles. The highest BCUT2D eigenvalue weighted by Gasteiger charge is 2.33. The molecule has 6 nitrogen and oxygen atoms in total. The standard InChI is InChI=1S/C24H26N2O4/c1-24(2,3)14-30-22-11-20-19(10-21(22)29-4)23(28)26-13-16(9-17(26)12-25-20)15-5-7-18(27)8-6-15/h5-8,10-13,17,27H,9,14H2,1-4H3. The molecule has 0 saturated carbocycles. The molecule has 0 radical (unpaired) electrons. The largest absolute Gasteiger partial charge is 0.508 e. The number of carbonyl (C=O) groups is 1. The van der Waals surface area contributed by atoms with E-state index in [0.29, 0.717) is 35.8 Å². The van der Waals surface area contributed by atoms with Crippen molar-refractivity contribution >= 4 is 23.4 Å². The number of hydrogen-bond donors (Lipinski definition) is 1. The minimum absolute atomic E-state index is 0.00492. The van der Waals surface area contributed by atoms with Gasteiger partial charge in [0.05, 0.1) is 31.0 Å². The van der Waals surface area contributed by atoms with Gasteiger partial charge in [-0.3, -0.25) is 9.79 Å². The summed E-state index contributed by atoms with van der Waals surface area (Å²) in [6.07, 6.45) is 4.35. The molecule has 2 aliphatic heterocycles. The van der Waals surface area contributed by atoms with E-state index in [4.69, 9.17) is 9.47 Å². The Morgan fingerprint density at radius 3 is 2.57 bits per heavy atom. The van der Waals surface area contributed by atoms with Crippen molar-refractivity contribution in [3.63, 3.8) is 0 Å². The molecule has 0 saturated heterocycles. The summed E-state index contributed by atoms with van der Waals surface area (Å²) in [7, 11) is 1.57. The SMILES string of the molecule is COc1cc2c(cc1OCC(C)(C)C)N=CC1CC(c3ccc(O)cc3)=CN1C2=O. The molecule has 6 heteroatoms. The zero-order valence-corrected chi connectivity index (χ0v) is 17.7. The number of aliphatic imine (C=N–C) groups is 1. The molecule has 0 aliphatic carbocycles. The van der Waals surface area contributed by atoms with Crippen LogP contribution in [0, 0.1) is 5.41 Å². The molecule has 1 amide bonds. The fourth-order valence-corrected chi connectivity index (χ4v) is 3.54. The maximum atomic E-state index is 13.3. The van der Waals surface area contributed by atoms with Gasteiger partial charge in [-0.2, -0.15) is 0 Å². The average Bonchev–Trinajstić information content (AvgIpc) is 3.09. The highest BCUT2D eigenvalue weighted by molar-refractivity contribution is 6.05. The van der Waals surface area contributed by atoms with Crippen molar-refractivity contribution in [3.05, 3.63) is 53.7 Å². The van der Waals surface area contributed by atoms with Gasteiger partial charge in [0.1, 0.15) is 5.75 Å². The topological polar surface area (TPSA) is 71.4 Å². The van der Waals surface area contributed by atoms with Gasteiger partial charge in [0.2, 0.25) is 0 Å². The van der Waals surface area contributed by atoms with E-state index < -0.39 is 0 Å². The molecule has 1 unspecified atom stereocenters. The number of methoxy groups -OCH3 is 1. The molecular weight excluding hydrogens is 380 g/mol. The number of fused-ring (bicyclic) bond motifs is 2. The number of nitrogens with zero attached hydrogens (tertiary/aromatic N) is 2. The number of phenols is 1. The van der Waals surface area contributed by atoms with Crippen LogP contribution in [0.3, 0.4) is 0 Å². The van der Waals surface area contributed by atoms with Crippen LogP contribution in [0.15, 0.2) is 47.6 Å². The van der Waals surface area contributed by atoms with E-state index in [-0.39, 0.29) is 23.1 Å². The van der Waals surface area contributed by atoms with Gasteiger partial charge in [0.25, 0.3) is 5.91 Å². The summed E-state index contributed by atoms with van der Waals surface area (Å²) in [6, 6.07) is 10.3. The van der Waals surface area contributed by atoms with Gasteiger partial charge in [-0.1, -0.05) is 32.9 Å². The van der Waals surface area contributed by atoms with Gasteiger partial charge in [-0.25, -0.2) is 0 Å². The molecule has 0 fully saturated rings. The van der Waals surface area contributed by atoms with E-state index in [1.54, 1.807) is 36.3 Å². The first-order valence-corrected chi connectivity index (χ1v) is 9.97. The fraction of sp³-hybridized carbons (Fsp3) is 0.333. The molecule has 1 atom stereocenters. The second-order valence-corrected chi connectivity index (χ2v) is 8.83. The Bertz CT molecular complexity index is 1030. The Morgan fingerprint density at radius 2 is 1.90 bits per heavy atom. The van der Waals surface area contributed by atoms with E-state index in [9.17, 15) is 9.90 Å². The minimum atomic E-state index is -0.154. The Kier molecular flexibility index (Phi) is 5.02. The third-order valence-corrected chi connectivity index (χ3v) is 5.11. The first-order valence-electron chi connectivity index (χ1n) is 9.97. The smallest absolute Gasteiger partial charge is 0.260 e. The second-order valence-electron chi connectivity index (χ2n) is 8.83. The number of benzene rings is 2. The quantitative estimate of drug-likeness (QED) is 0.792. The predicted octanol–water partition coefficient (Wildman–Crippen LogP) is 4.80. The Balaban J connectivity index is 1.66. The number of carbonyl (C=O) groups excluding carboxylic acids is 1. The van der Waals surface area contributed by atoms with Crippen LogP contribution in [0.5, 0.6) is 17.2 Å². The summed E-state index contributed by atoms with van der Waals surface area (Å²) in [6.45, 7) is 6.80. The lowest BCUT2D eigenvalue weighted by Gasteiger charge is -2.21. The van der Waals surface area contributed by atoms with E-state index in [1.807, 2.05) is 24.5 Å². The molecule has 0 bridgehead atoms. The monoisotopic (exact) mass is 406 g/mol. The maximum absolute atomic E-state index is 13.3. The van der Waals surface area contributed by atoms with Crippen LogP contribution in [0.2, 0.25) is 0 Å². The van der Waals surface area contributed by atoms with Crippen LogP contribution in [0.4, 0.5) is 5.69 Å². The van der Waals surface area contributed by atoms with Gasteiger partial charge in [0, 0.05) is 24.9 Å². The Hall–Kier alpha value is -3.28. The van der Waals surface area contributed by atoms with Crippen LogP contribution in [0.1, 0.15) is 43.1 Å². The third kappa shape index (κ3) is 3.90. The molecule has 2 aromatic carbocycles. The lowest BCUT2D eigenvalue weighted by Crippen LogP contribution is -2.32. The van der Waals surface area contributed by atoms with Gasteiger partial charge in [-0.05, 0) is 34.8 Å². The molecule has 30 heavy (non-hydrogen) atoms. The molecule has 1 N–H and O–H groups in total. The number of hydrogen-bond acceptors (Lipinski definition) is 5. The van der Waals surface area contributed by atoms with E-state index in [2.05, 4.69) is 25.8 Å². The molecule has 2 heterocycles. The molecule has 2 aromatic rings. The summed E-state index contributed by atoms with van der Waals surface area (Å²) in [5.41, 5.74) is 3.07. The van der Waals surface area contributed by atoms with Crippen molar-refractivity contribution < 1.29 is 19.4 Å². The van der Waals surface area contributed by atoms with Crippen LogP contribution in [-0.4, -0.2) is 41.9 Å². The Morgan fingerprint density at radius 1 is 1.17 bits per heavy atom. The normalized spacial score (nSPS) is 17.9. The number of rotatable bonds is 4. The zero-order valence-electron chi connectivity index (χ0n) is 17.7. The first kappa shape index (κ1) is 20.0. The van der Waals surface area contributed by atoms with E-state index >= 15 is 0 Å². The maximum Gasteiger partial charge on any atom is 0.260 e. The van der Waals surface area contributed by atoms with Crippen molar-refractivity contribution in [1.29, 1.82) is 0 Å². The molecule has 2 aliphatic rings. The van der Waals surface area contributed by atoms with Crippen molar-refractivity contribution in [2.24, 2.45) is 10.4 Å². The van der Waals surface area contributed by atoms with Crippen molar-refractivity contribution in [2.45, 2.75) is 33.2 Å². The molecule has 0 spiro atoms. The van der Waals surface area contributed by atoms with Crippen LogP contribution >= 0.6 is 0 Å². The predicted molar refractivity (Wildman–Crippen MR) is 117 cm³/mol. The lowest BCUT2D eigenvalue weighted by atomic mass is 9.99. The van der Waals surface area contributed by atoms with Crippen LogP contribution in [-0.2, 0) is 0 Å². The van der Waals surface area contributed by atoms with Gasteiger partial charge in [0.15, 0.2) is 11.5 Å². The molecule has 156 valence electrons. The minimum Gasteiger partial charge on any atom is -0.508 e. The molecule has 4 rings (SSSR count). The fourth-order valence-electron chi connectivity index (χ4n) is 3.54. The summed E-state index contributed by atoms with van der Waals surface area (Å²) in [4.78, 5) is 19.6. The number of aromatic hydroxyl groups is 1. The third-order valence-electron chi connectivity index (χ3n) is 5.11. The number of ether oxygens (including phenoxy) is 2. The highest BCUT2D eigenvalue weighted by atomic mass is 16.5. The average molecular weight is 406 g/mol. The van der Waals surface area contributed by atoms with Crippen LogP contribution < -0.4 is 9.47 Å². The lowest BCUT2D eigenvalue weighted by molar-refractivity contribution is 0.0817. The summed E-state index contributed by atoms with van der Waals surface area (Å²) >= 11 is 0. The van der Waals surface area contributed by atoms with Crippen LogP contribution in [0.25, 0.3) is 5.57 Å². The van der Waals surface area contributed by atoms with Crippen molar-refractivity contribution in [3.8, 4) is 17.2 Å².